The fraction of sp³-hybridized carbons (Fsp3) is 1.00. The minimum Gasteiger partial charge on any atom is -0.386 e. The molecule has 0 radical (unpaired) electrons. The maximum absolute atomic E-state index is 9.21. The zero-order chi connectivity index (χ0) is 6.20. The Morgan fingerprint density at radius 3 is 2.44 bits per heavy atom. The lowest BCUT2D eigenvalue weighted by atomic mass is 10.0. The molecular weight excluding hydrogens is 142 g/mol. The lowest BCUT2D eigenvalue weighted by molar-refractivity contribution is 0.0361. The smallest absolute Gasteiger partial charge is 0.102 e. The Bertz CT molecular complexity index is 97.0. The van der Waals surface area contributed by atoms with Crippen LogP contribution >= 0.6 is 12.4 Å². The second-order valence-electron chi connectivity index (χ2n) is 2.48. The molecule has 4 heteroatoms. The van der Waals surface area contributed by atoms with Gasteiger partial charge >= 0.3 is 0 Å². The minimum absolute atomic E-state index is 0. The maximum atomic E-state index is 9.21. The summed E-state index contributed by atoms with van der Waals surface area (Å²) in [5.41, 5.74) is 4.65. The second kappa shape index (κ2) is 2.84. The van der Waals surface area contributed by atoms with E-state index in [0.717, 1.165) is 0 Å². The first-order valence-corrected chi connectivity index (χ1v) is 2.68. The molecule has 0 aromatic rings. The van der Waals surface area contributed by atoms with Gasteiger partial charge in [0.25, 0.3) is 0 Å². The molecule has 1 aliphatic rings. The molecule has 0 amide bonds. The van der Waals surface area contributed by atoms with Crippen LogP contribution in [-0.4, -0.2) is 30.0 Å². The van der Waals surface area contributed by atoms with Gasteiger partial charge in [0.15, 0.2) is 0 Å². The van der Waals surface area contributed by atoms with Gasteiger partial charge in [-0.1, -0.05) is 0 Å². The number of hydrogen-bond acceptors (Lipinski definition) is 3. The van der Waals surface area contributed by atoms with Gasteiger partial charge in [-0.3, -0.25) is 0 Å². The van der Waals surface area contributed by atoms with E-state index in [9.17, 15) is 5.11 Å². The summed E-state index contributed by atoms with van der Waals surface area (Å²) >= 11 is 0. The predicted octanol–water partition coefficient (Wildman–Crippen LogP) is -0.483. The van der Waals surface area contributed by atoms with Crippen molar-refractivity contribution in [3.05, 3.63) is 0 Å². The molecule has 1 rings (SSSR count). The molecule has 0 aromatic heterocycles. The summed E-state index contributed by atoms with van der Waals surface area (Å²) in [7, 11) is 0. The summed E-state index contributed by atoms with van der Waals surface area (Å²) in [5, 5.41) is 9.21. The van der Waals surface area contributed by atoms with Gasteiger partial charge in [0.1, 0.15) is 5.60 Å². The molecule has 1 aliphatic heterocycles. The van der Waals surface area contributed by atoms with Gasteiger partial charge in [-0.15, -0.1) is 12.4 Å². The molecule has 0 aliphatic carbocycles. The predicted molar refractivity (Wildman–Crippen MR) is 36.7 cm³/mol. The van der Waals surface area contributed by atoms with Gasteiger partial charge in [-0.05, 0) is 6.92 Å². The lowest BCUT2D eigenvalue weighted by Gasteiger charge is -2.18. The van der Waals surface area contributed by atoms with Crippen molar-refractivity contribution < 1.29 is 9.84 Å². The molecule has 0 bridgehead atoms. The highest BCUT2D eigenvalue weighted by Gasteiger charge is 2.34. The summed E-state index contributed by atoms with van der Waals surface area (Å²) in [4.78, 5) is 0. The van der Waals surface area contributed by atoms with Crippen LogP contribution in [0.4, 0.5) is 0 Å². The first kappa shape index (κ1) is 9.17. The van der Waals surface area contributed by atoms with Crippen molar-refractivity contribution in [3.8, 4) is 0 Å². The van der Waals surface area contributed by atoms with Crippen molar-refractivity contribution in [2.75, 3.05) is 13.2 Å². The normalized spacial score (nSPS) is 42.3. The van der Waals surface area contributed by atoms with E-state index in [-0.39, 0.29) is 18.4 Å². The molecule has 0 unspecified atom stereocenters. The Morgan fingerprint density at radius 2 is 2.33 bits per heavy atom. The van der Waals surface area contributed by atoms with Crippen LogP contribution < -0.4 is 5.73 Å². The molecule has 2 atom stereocenters. The first-order chi connectivity index (χ1) is 3.63. The number of hydrogen-bond donors (Lipinski definition) is 2. The summed E-state index contributed by atoms with van der Waals surface area (Å²) in [6.07, 6.45) is 0. The molecule has 3 N–H and O–H groups in total. The van der Waals surface area contributed by atoms with Crippen molar-refractivity contribution in [2.45, 2.75) is 18.6 Å². The third kappa shape index (κ3) is 1.79. The van der Waals surface area contributed by atoms with E-state index in [2.05, 4.69) is 0 Å². The third-order valence-electron chi connectivity index (χ3n) is 1.49. The first-order valence-electron chi connectivity index (χ1n) is 2.68. The van der Waals surface area contributed by atoms with Crippen LogP contribution in [0.5, 0.6) is 0 Å². The summed E-state index contributed by atoms with van der Waals surface area (Å²) in [6.45, 7) is 2.53. The highest BCUT2D eigenvalue weighted by Crippen LogP contribution is 2.15. The molecule has 1 saturated heterocycles. The number of halogens is 1. The van der Waals surface area contributed by atoms with Gasteiger partial charge in [-0.2, -0.15) is 0 Å². The largest absolute Gasteiger partial charge is 0.386 e. The van der Waals surface area contributed by atoms with Crippen molar-refractivity contribution in [2.24, 2.45) is 5.73 Å². The molecule has 1 fully saturated rings. The standard InChI is InChI=1S/C5H11NO2.ClH/c1-5(7)3-8-2-4(5)6;/h4,7H,2-3,6H2,1H3;1H/t4-,5+;/m0./s1. The SMILES string of the molecule is C[C@@]1(O)COC[C@@H]1N.Cl. The van der Waals surface area contributed by atoms with Gasteiger partial charge in [-0.25, -0.2) is 0 Å². The molecule has 56 valence electrons. The van der Waals surface area contributed by atoms with Gasteiger partial charge in [0.05, 0.1) is 19.3 Å². The fourth-order valence-electron chi connectivity index (χ4n) is 0.679. The van der Waals surface area contributed by atoms with Gasteiger partial charge in [0, 0.05) is 0 Å². The van der Waals surface area contributed by atoms with Crippen LogP contribution in [0, 0.1) is 0 Å². The summed E-state index contributed by atoms with van der Waals surface area (Å²) in [6, 6.07) is -0.206. The lowest BCUT2D eigenvalue weighted by Crippen LogP contribution is -2.43. The van der Waals surface area contributed by atoms with Crippen LogP contribution in [-0.2, 0) is 4.74 Å². The fourth-order valence-corrected chi connectivity index (χ4v) is 0.679. The number of ether oxygens (including phenoxy) is 1. The monoisotopic (exact) mass is 153 g/mol. The van der Waals surface area contributed by atoms with E-state index in [1.165, 1.54) is 0 Å². The molecule has 0 aromatic carbocycles. The Labute approximate surface area is 60.6 Å². The van der Waals surface area contributed by atoms with Crippen LogP contribution in [0.1, 0.15) is 6.92 Å². The topological polar surface area (TPSA) is 55.5 Å². The third-order valence-corrected chi connectivity index (χ3v) is 1.49. The number of rotatable bonds is 0. The Hall–Kier alpha value is 0.170. The molecule has 9 heavy (non-hydrogen) atoms. The molecule has 0 spiro atoms. The highest BCUT2D eigenvalue weighted by atomic mass is 35.5. The van der Waals surface area contributed by atoms with E-state index in [1.807, 2.05) is 0 Å². The van der Waals surface area contributed by atoms with Crippen molar-refractivity contribution in [1.29, 1.82) is 0 Å². The van der Waals surface area contributed by atoms with E-state index in [1.54, 1.807) is 6.92 Å². The van der Waals surface area contributed by atoms with Gasteiger partial charge < -0.3 is 15.6 Å². The minimum atomic E-state index is -0.792. The van der Waals surface area contributed by atoms with Crippen LogP contribution in [0.15, 0.2) is 0 Å². The molecule has 0 saturated carbocycles. The van der Waals surface area contributed by atoms with Gasteiger partial charge in [0.2, 0.25) is 0 Å². The van der Waals surface area contributed by atoms with E-state index in [0.29, 0.717) is 13.2 Å². The number of aliphatic hydroxyl groups is 1. The van der Waals surface area contributed by atoms with Crippen LogP contribution in [0.3, 0.4) is 0 Å². The summed E-state index contributed by atoms with van der Waals surface area (Å²) < 4.78 is 4.90. The molecular formula is C5H12ClNO2. The second-order valence-corrected chi connectivity index (χ2v) is 2.48. The molecule has 1 heterocycles. The maximum Gasteiger partial charge on any atom is 0.102 e. The zero-order valence-electron chi connectivity index (χ0n) is 5.33. The van der Waals surface area contributed by atoms with Crippen molar-refractivity contribution in [1.82, 2.24) is 0 Å². The van der Waals surface area contributed by atoms with Crippen LogP contribution in [0.2, 0.25) is 0 Å². The Kier molecular flexibility index (Phi) is 2.89. The van der Waals surface area contributed by atoms with E-state index < -0.39 is 5.60 Å². The summed E-state index contributed by atoms with van der Waals surface area (Å²) in [5.74, 6) is 0. The van der Waals surface area contributed by atoms with E-state index in [4.69, 9.17) is 10.5 Å². The number of nitrogens with two attached hydrogens (primary N) is 1. The average molecular weight is 154 g/mol. The van der Waals surface area contributed by atoms with Crippen LogP contribution in [0.25, 0.3) is 0 Å². The van der Waals surface area contributed by atoms with E-state index >= 15 is 0 Å². The zero-order valence-corrected chi connectivity index (χ0v) is 6.15. The Balaban J connectivity index is 0.000000640. The average Bonchev–Trinajstić information content (AvgIpc) is 1.86. The quantitative estimate of drug-likeness (QED) is 0.494. The Morgan fingerprint density at radius 1 is 1.78 bits per heavy atom. The van der Waals surface area contributed by atoms with Crippen molar-refractivity contribution >= 4 is 12.4 Å². The van der Waals surface area contributed by atoms with Crippen molar-refractivity contribution in [3.63, 3.8) is 0 Å². The molecule has 3 nitrogen and oxygen atoms in total. The highest BCUT2D eigenvalue weighted by molar-refractivity contribution is 5.85.